The molecule has 1 fully saturated rings. The number of likely N-dealkylation sites (tertiary alicyclic amines) is 1. The van der Waals surface area contributed by atoms with E-state index in [-0.39, 0.29) is 23.9 Å². The maximum atomic E-state index is 13.1. The fourth-order valence-corrected chi connectivity index (χ4v) is 3.88. The van der Waals surface area contributed by atoms with Crippen LogP contribution in [-0.2, 0) is 11.3 Å². The molecule has 3 amide bonds. The number of aromatic nitrogens is 1. The van der Waals surface area contributed by atoms with Crippen molar-refractivity contribution in [2.24, 2.45) is 11.8 Å². The van der Waals surface area contributed by atoms with E-state index in [1.165, 1.54) is 5.69 Å². The first kappa shape index (κ1) is 17.8. The third-order valence-corrected chi connectivity index (χ3v) is 5.34. The molecule has 3 rings (SSSR count). The van der Waals surface area contributed by atoms with Gasteiger partial charge in [0.05, 0.1) is 12.0 Å². The summed E-state index contributed by atoms with van der Waals surface area (Å²) in [6.45, 7) is 9.81. The number of nitrogens with zero attached hydrogens (tertiary/aromatic N) is 3. The summed E-state index contributed by atoms with van der Waals surface area (Å²) in [6, 6.07) is 4.20. The number of piperidine rings is 1. The maximum Gasteiger partial charge on any atom is 0.317 e. The summed E-state index contributed by atoms with van der Waals surface area (Å²) in [5.74, 6) is 0.542. The van der Waals surface area contributed by atoms with Gasteiger partial charge in [-0.25, -0.2) is 4.79 Å². The van der Waals surface area contributed by atoms with E-state index < -0.39 is 0 Å². The molecule has 1 aromatic rings. The lowest BCUT2D eigenvalue weighted by molar-refractivity contribution is -0.140. The highest BCUT2D eigenvalue weighted by atomic mass is 16.2. The molecular weight excluding hydrogens is 316 g/mol. The molecule has 0 bridgehead atoms. The van der Waals surface area contributed by atoms with Gasteiger partial charge in [0.2, 0.25) is 5.91 Å². The second-order valence-electron chi connectivity index (χ2n) is 7.70. The normalized spacial score (nSPS) is 23.5. The molecule has 0 radical (unpaired) electrons. The van der Waals surface area contributed by atoms with E-state index in [0.717, 1.165) is 32.5 Å². The third kappa shape index (κ3) is 3.83. The summed E-state index contributed by atoms with van der Waals surface area (Å²) in [7, 11) is 0. The molecule has 2 aliphatic rings. The van der Waals surface area contributed by atoms with Gasteiger partial charge in [0.25, 0.3) is 0 Å². The minimum absolute atomic E-state index is 0.0354. The number of carbonyl (C=O) groups excluding carboxylic acids is 2. The van der Waals surface area contributed by atoms with Crippen molar-refractivity contribution in [3.63, 3.8) is 0 Å². The Morgan fingerprint density at radius 3 is 2.84 bits per heavy atom. The lowest BCUT2D eigenvalue weighted by atomic mass is 9.95. The van der Waals surface area contributed by atoms with E-state index in [9.17, 15) is 9.59 Å². The fourth-order valence-electron chi connectivity index (χ4n) is 3.88. The average Bonchev–Trinajstić information content (AvgIpc) is 3.09. The molecule has 6 nitrogen and oxygen atoms in total. The van der Waals surface area contributed by atoms with Crippen molar-refractivity contribution in [3.05, 3.63) is 24.0 Å². The van der Waals surface area contributed by atoms with Crippen molar-refractivity contribution >= 4 is 11.9 Å². The lowest BCUT2D eigenvalue weighted by Gasteiger charge is -2.39. The largest absolute Gasteiger partial charge is 0.348 e. The number of fused-ring (bicyclic) bond motifs is 1. The Morgan fingerprint density at radius 1 is 1.28 bits per heavy atom. The van der Waals surface area contributed by atoms with Crippen molar-refractivity contribution in [2.75, 3.05) is 26.2 Å². The highest BCUT2D eigenvalue weighted by Crippen LogP contribution is 2.29. The van der Waals surface area contributed by atoms with E-state index in [1.54, 1.807) is 0 Å². The standard InChI is InChI=1S/C19H30N4O2/c1-14(2)12-20-19(25)22-9-4-6-16(13-22)18(24)23-11-10-21-8-5-7-17(21)15(23)3/h5,7-8,14-16H,4,6,9-13H2,1-3H3,(H,20,25). The zero-order valence-corrected chi connectivity index (χ0v) is 15.6. The molecule has 0 aromatic carbocycles. The number of rotatable bonds is 3. The lowest BCUT2D eigenvalue weighted by Crippen LogP contribution is -2.51. The van der Waals surface area contributed by atoms with Gasteiger partial charge in [-0.1, -0.05) is 13.8 Å². The van der Waals surface area contributed by atoms with Gasteiger partial charge in [-0.3, -0.25) is 4.79 Å². The number of amides is 3. The molecule has 2 unspecified atom stereocenters. The fraction of sp³-hybridized carbons (Fsp3) is 0.684. The van der Waals surface area contributed by atoms with E-state index in [2.05, 4.69) is 42.9 Å². The van der Waals surface area contributed by atoms with Crippen LogP contribution in [0.15, 0.2) is 18.3 Å². The summed E-state index contributed by atoms with van der Waals surface area (Å²) in [4.78, 5) is 29.2. The summed E-state index contributed by atoms with van der Waals surface area (Å²) in [5, 5.41) is 2.97. The molecule has 1 N–H and O–H groups in total. The second-order valence-corrected chi connectivity index (χ2v) is 7.70. The van der Waals surface area contributed by atoms with Gasteiger partial charge in [-0.15, -0.1) is 0 Å². The predicted molar refractivity (Wildman–Crippen MR) is 97.1 cm³/mol. The van der Waals surface area contributed by atoms with E-state index in [1.807, 2.05) is 15.9 Å². The molecule has 0 spiro atoms. The Kier molecular flexibility index (Phi) is 5.35. The number of nitrogens with one attached hydrogen (secondary N) is 1. The van der Waals surface area contributed by atoms with Crippen LogP contribution in [0.4, 0.5) is 4.79 Å². The molecule has 25 heavy (non-hydrogen) atoms. The van der Waals surface area contributed by atoms with Crippen molar-refractivity contribution in [3.8, 4) is 0 Å². The Morgan fingerprint density at radius 2 is 2.08 bits per heavy atom. The van der Waals surface area contributed by atoms with Crippen LogP contribution in [-0.4, -0.2) is 52.5 Å². The molecule has 138 valence electrons. The van der Waals surface area contributed by atoms with Crippen LogP contribution in [0.5, 0.6) is 0 Å². The highest BCUT2D eigenvalue weighted by Gasteiger charge is 2.35. The van der Waals surface area contributed by atoms with Crippen LogP contribution in [0.25, 0.3) is 0 Å². The number of hydrogen-bond donors (Lipinski definition) is 1. The average molecular weight is 346 g/mol. The van der Waals surface area contributed by atoms with E-state index in [4.69, 9.17) is 0 Å². The molecule has 2 atom stereocenters. The Hall–Kier alpha value is -1.98. The van der Waals surface area contributed by atoms with Gasteiger partial charge in [-0.05, 0) is 37.8 Å². The summed E-state index contributed by atoms with van der Waals surface area (Å²) < 4.78 is 2.22. The molecule has 0 aliphatic carbocycles. The third-order valence-electron chi connectivity index (χ3n) is 5.34. The molecule has 6 heteroatoms. The molecule has 1 saturated heterocycles. The number of hydrogen-bond acceptors (Lipinski definition) is 2. The topological polar surface area (TPSA) is 57.6 Å². The van der Waals surface area contributed by atoms with Crippen molar-refractivity contribution in [1.29, 1.82) is 0 Å². The van der Waals surface area contributed by atoms with Crippen LogP contribution in [0.1, 0.15) is 45.3 Å². The van der Waals surface area contributed by atoms with Crippen molar-refractivity contribution in [2.45, 2.75) is 46.2 Å². The van der Waals surface area contributed by atoms with E-state index >= 15 is 0 Å². The van der Waals surface area contributed by atoms with E-state index in [0.29, 0.717) is 19.0 Å². The van der Waals surface area contributed by atoms with Crippen LogP contribution >= 0.6 is 0 Å². The van der Waals surface area contributed by atoms with Gasteiger partial charge in [0.1, 0.15) is 0 Å². The Bertz CT molecular complexity index is 625. The minimum Gasteiger partial charge on any atom is -0.348 e. The molecular formula is C19H30N4O2. The van der Waals surface area contributed by atoms with Crippen LogP contribution in [0, 0.1) is 11.8 Å². The smallest absolute Gasteiger partial charge is 0.317 e. The van der Waals surface area contributed by atoms with Crippen LogP contribution < -0.4 is 5.32 Å². The first-order valence-corrected chi connectivity index (χ1v) is 9.45. The zero-order valence-electron chi connectivity index (χ0n) is 15.6. The van der Waals surface area contributed by atoms with Gasteiger partial charge >= 0.3 is 6.03 Å². The van der Waals surface area contributed by atoms with Crippen molar-refractivity contribution < 1.29 is 9.59 Å². The highest BCUT2D eigenvalue weighted by molar-refractivity contribution is 5.81. The summed E-state index contributed by atoms with van der Waals surface area (Å²) in [5.41, 5.74) is 1.20. The van der Waals surface area contributed by atoms with Crippen molar-refractivity contribution in [1.82, 2.24) is 19.7 Å². The van der Waals surface area contributed by atoms with Gasteiger partial charge < -0.3 is 19.7 Å². The molecule has 1 aromatic heterocycles. The maximum absolute atomic E-state index is 13.1. The van der Waals surface area contributed by atoms with Crippen LogP contribution in [0.2, 0.25) is 0 Å². The number of carbonyl (C=O) groups is 2. The SMILES string of the molecule is CC(C)CNC(=O)N1CCCC(C(=O)N2CCn3cccc3C2C)C1. The second kappa shape index (κ2) is 7.50. The Balaban J connectivity index is 1.61. The zero-order chi connectivity index (χ0) is 18.0. The Labute approximate surface area is 150 Å². The summed E-state index contributed by atoms with van der Waals surface area (Å²) >= 11 is 0. The first-order valence-electron chi connectivity index (χ1n) is 9.45. The summed E-state index contributed by atoms with van der Waals surface area (Å²) in [6.07, 6.45) is 3.84. The quantitative estimate of drug-likeness (QED) is 0.914. The minimum atomic E-state index is -0.0810. The number of urea groups is 1. The van der Waals surface area contributed by atoms with Crippen LogP contribution in [0.3, 0.4) is 0 Å². The predicted octanol–water partition coefficient (Wildman–Crippen LogP) is 2.47. The molecule has 2 aliphatic heterocycles. The monoisotopic (exact) mass is 346 g/mol. The molecule has 3 heterocycles. The van der Waals surface area contributed by atoms with Gasteiger partial charge in [0.15, 0.2) is 0 Å². The molecule has 0 saturated carbocycles. The van der Waals surface area contributed by atoms with Gasteiger partial charge in [0, 0.05) is 44.6 Å². The first-order chi connectivity index (χ1) is 12.0. The van der Waals surface area contributed by atoms with Gasteiger partial charge in [-0.2, -0.15) is 0 Å².